The molecule has 1 unspecified atom stereocenters. The maximum Gasteiger partial charge on any atom is 0.0403 e. The molecule has 1 atom stereocenters. The molecule has 0 radical (unpaired) electrons. The highest BCUT2D eigenvalue weighted by molar-refractivity contribution is 9.09. The monoisotopic (exact) mass is 266 g/mol. The molecule has 2 rings (SSSR count). The molecule has 1 heteroatoms. The van der Waals surface area contributed by atoms with Crippen LogP contribution in [-0.4, -0.2) is 0 Å². The maximum absolute atomic E-state index is 3.85. The Morgan fingerprint density at radius 3 is 2.20 bits per heavy atom. The lowest BCUT2D eigenvalue weighted by molar-refractivity contribution is 0.716. The molecule has 1 aromatic rings. The average molecular weight is 267 g/mol. The molecule has 0 bridgehead atoms. The molecule has 1 fully saturated rings. The van der Waals surface area contributed by atoms with Crippen molar-refractivity contribution in [1.29, 1.82) is 0 Å². The standard InChI is InChI=1S/C14H19Br/c1-9-6-10(2)14(11(3)7-9)13(15)8-12-4-5-12/h6-7,12-13H,4-5,8H2,1-3H3. The van der Waals surface area contributed by atoms with Crippen molar-refractivity contribution in [3.63, 3.8) is 0 Å². The fourth-order valence-corrected chi connectivity index (χ4v) is 3.70. The van der Waals surface area contributed by atoms with Crippen LogP contribution in [0.25, 0.3) is 0 Å². The highest BCUT2D eigenvalue weighted by Crippen LogP contribution is 2.42. The van der Waals surface area contributed by atoms with E-state index in [1.165, 1.54) is 41.5 Å². The quantitative estimate of drug-likeness (QED) is 0.687. The zero-order chi connectivity index (χ0) is 11.0. The first-order valence-electron chi connectivity index (χ1n) is 5.79. The van der Waals surface area contributed by atoms with Crippen LogP contribution in [-0.2, 0) is 0 Å². The van der Waals surface area contributed by atoms with E-state index < -0.39 is 0 Å². The van der Waals surface area contributed by atoms with Crippen LogP contribution < -0.4 is 0 Å². The van der Waals surface area contributed by atoms with Gasteiger partial charge in [0.25, 0.3) is 0 Å². The summed E-state index contributed by atoms with van der Waals surface area (Å²) in [7, 11) is 0. The molecular weight excluding hydrogens is 248 g/mol. The minimum Gasteiger partial charge on any atom is -0.0838 e. The molecule has 0 amide bonds. The Labute approximate surface area is 101 Å². The van der Waals surface area contributed by atoms with Crippen molar-refractivity contribution < 1.29 is 0 Å². The molecular formula is C14H19Br. The van der Waals surface area contributed by atoms with E-state index in [4.69, 9.17) is 0 Å². The number of hydrogen-bond donors (Lipinski definition) is 0. The van der Waals surface area contributed by atoms with E-state index in [-0.39, 0.29) is 0 Å². The number of benzene rings is 1. The minimum atomic E-state index is 0.561. The van der Waals surface area contributed by atoms with Crippen molar-refractivity contribution in [1.82, 2.24) is 0 Å². The lowest BCUT2D eigenvalue weighted by Crippen LogP contribution is -1.99. The summed E-state index contributed by atoms with van der Waals surface area (Å²) in [6.45, 7) is 6.64. The predicted molar refractivity (Wildman–Crippen MR) is 69.7 cm³/mol. The Kier molecular flexibility index (Phi) is 3.20. The highest BCUT2D eigenvalue weighted by Gasteiger charge is 2.26. The van der Waals surface area contributed by atoms with Gasteiger partial charge in [0.05, 0.1) is 0 Å². The third-order valence-corrected chi connectivity index (χ3v) is 4.12. The Morgan fingerprint density at radius 2 is 1.73 bits per heavy atom. The van der Waals surface area contributed by atoms with Gasteiger partial charge in [0, 0.05) is 4.83 Å². The van der Waals surface area contributed by atoms with Crippen molar-refractivity contribution in [2.45, 2.75) is 44.9 Å². The van der Waals surface area contributed by atoms with E-state index in [0.717, 1.165) is 5.92 Å². The largest absolute Gasteiger partial charge is 0.0838 e. The molecule has 0 aliphatic heterocycles. The molecule has 0 nitrogen and oxygen atoms in total. The van der Waals surface area contributed by atoms with Gasteiger partial charge in [-0.25, -0.2) is 0 Å². The molecule has 15 heavy (non-hydrogen) atoms. The summed E-state index contributed by atoms with van der Waals surface area (Å²) < 4.78 is 0. The van der Waals surface area contributed by atoms with Crippen LogP contribution in [0.5, 0.6) is 0 Å². The van der Waals surface area contributed by atoms with E-state index in [2.05, 4.69) is 48.8 Å². The summed E-state index contributed by atoms with van der Waals surface area (Å²) in [4.78, 5) is 0.561. The van der Waals surface area contributed by atoms with Gasteiger partial charge in [0.2, 0.25) is 0 Å². The van der Waals surface area contributed by atoms with Crippen LogP contribution >= 0.6 is 15.9 Å². The van der Waals surface area contributed by atoms with Crippen molar-refractivity contribution >= 4 is 15.9 Å². The van der Waals surface area contributed by atoms with Crippen molar-refractivity contribution in [2.24, 2.45) is 5.92 Å². The Morgan fingerprint density at radius 1 is 1.20 bits per heavy atom. The third kappa shape index (κ3) is 2.63. The summed E-state index contributed by atoms with van der Waals surface area (Å²) in [6, 6.07) is 4.59. The van der Waals surface area contributed by atoms with Gasteiger partial charge in [-0.15, -0.1) is 0 Å². The van der Waals surface area contributed by atoms with Crippen molar-refractivity contribution in [3.8, 4) is 0 Å². The number of alkyl halides is 1. The zero-order valence-electron chi connectivity index (χ0n) is 9.81. The van der Waals surface area contributed by atoms with Gasteiger partial charge in [-0.3, -0.25) is 0 Å². The molecule has 1 aliphatic rings. The second kappa shape index (κ2) is 4.29. The lowest BCUT2D eigenvalue weighted by Gasteiger charge is -2.16. The van der Waals surface area contributed by atoms with Crippen LogP contribution in [0.4, 0.5) is 0 Å². The van der Waals surface area contributed by atoms with Gasteiger partial charge in [-0.05, 0) is 49.8 Å². The molecule has 1 aromatic carbocycles. The van der Waals surface area contributed by atoms with Crippen LogP contribution in [0.3, 0.4) is 0 Å². The number of aryl methyl sites for hydroxylation is 3. The normalized spacial score (nSPS) is 17.9. The molecule has 1 aliphatic carbocycles. The molecule has 0 aromatic heterocycles. The summed E-state index contributed by atoms with van der Waals surface area (Å²) in [6.07, 6.45) is 4.18. The minimum absolute atomic E-state index is 0.561. The summed E-state index contributed by atoms with van der Waals surface area (Å²) >= 11 is 3.85. The highest BCUT2D eigenvalue weighted by atomic mass is 79.9. The van der Waals surface area contributed by atoms with Crippen LogP contribution in [0.15, 0.2) is 12.1 Å². The second-order valence-electron chi connectivity index (χ2n) is 4.96. The SMILES string of the molecule is Cc1cc(C)c(C(Br)CC2CC2)c(C)c1. The fourth-order valence-electron chi connectivity index (χ4n) is 2.45. The third-order valence-electron chi connectivity index (χ3n) is 3.29. The average Bonchev–Trinajstić information content (AvgIpc) is 2.85. The summed E-state index contributed by atoms with van der Waals surface area (Å²) in [5.74, 6) is 0.981. The van der Waals surface area contributed by atoms with E-state index in [9.17, 15) is 0 Å². The summed E-state index contributed by atoms with van der Waals surface area (Å²) in [5, 5.41) is 0. The molecule has 82 valence electrons. The van der Waals surface area contributed by atoms with Gasteiger partial charge in [-0.2, -0.15) is 0 Å². The molecule has 0 heterocycles. The number of halogens is 1. The molecule has 1 saturated carbocycles. The maximum atomic E-state index is 3.85. The van der Waals surface area contributed by atoms with Crippen molar-refractivity contribution in [3.05, 3.63) is 34.4 Å². The van der Waals surface area contributed by atoms with E-state index in [1.54, 1.807) is 0 Å². The van der Waals surface area contributed by atoms with Gasteiger partial charge >= 0.3 is 0 Å². The Bertz CT molecular complexity index is 341. The topological polar surface area (TPSA) is 0 Å². The summed E-state index contributed by atoms with van der Waals surface area (Å²) in [5.41, 5.74) is 5.78. The zero-order valence-corrected chi connectivity index (χ0v) is 11.4. The van der Waals surface area contributed by atoms with Gasteiger partial charge in [0.15, 0.2) is 0 Å². The Balaban J connectivity index is 2.24. The fraction of sp³-hybridized carbons (Fsp3) is 0.571. The molecule has 0 saturated heterocycles. The predicted octanol–water partition coefficient (Wildman–Crippen LogP) is 4.85. The smallest absolute Gasteiger partial charge is 0.0403 e. The van der Waals surface area contributed by atoms with Crippen LogP contribution in [0.2, 0.25) is 0 Å². The molecule has 0 spiro atoms. The van der Waals surface area contributed by atoms with Gasteiger partial charge < -0.3 is 0 Å². The number of rotatable bonds is 3. The van der Waals surface area contributed by atoms with Gasteiger partial charge in [-0.1, -0.05) is 46.5 Å². The second-order valence-corrected chi connectivity index (χ2v) is 6.06. The first kappa shape index (κ1) is 11.2. The number of hydrogen-bond acceptors (Lipinski definition) is 0. The van der Waals surface area contributed by atoms with Gasteiger partial charge in [0.1, 0.15) is 0 Å². The van der Waals surface area contributed by atoms with E-state index in [0.29, 0.717) is 4.83 Å². The molecule has 0 N–H and O–H groups in total. The van der Waals surface area contributed by atoms with E-state index in [1.807, 2.05) is 0 Å². The first-order valence-corrected chi connectivity index (χ1v) is 6.71. The van der Waals surface area contributed by atoms with Crippen LogP contribution in [0, 0.1) is 26.7 Å². The van der Waals surface area contributed by atoms with E-state index >= 15 is 0 Å². The lowest BCUT2D eigenvalue weighted by atomic mass is 9.95. The van der Waals surface area contributed by atoms with Crippen LogP contribution in [0.1, 0.15) is 46.3 Å². The first-order chi connectivity index (χ1) is 7.08. The Hall–Kier alpha value is -0.300. The van der Waals surface area contributed by atoms with Crippen molar-refractivity contribution in [2.75, 3.05) is 0 Å².